The maximum Gasteiger partial charge on any atom is 0.247 e. The van der Waals surface area contributed by atoms with Gasteiger partial charge in [-0.05, 0) is 52.9 Å². The Labute approximate surface area is 234 Å². The molecule has 0 heterocycles. The molecule has 0 aliphatic rings. The minimum Gasteiger partial charge on any atom is -0.493 e. The van der Waals surface area contributed by atoms with Gasteiger partial charge in [0.2, 0.25) is 11.8 Å². The first-order valence-electron chi connectivity index (χ1n) is 13.1. The monoisotopic (exact) mass is 540 g/mol. The lowest BCUT2D eigenvalue weighted by molar-refractivity contribution is -0.141. The normalized spacial score (nSPS) is 11.4. The molecule has 0 aromatic heterocycles. The number of hydrogen-bond donors (Lipinski definition) is 1. The maximum atomic E-state index is 13.8. The second-order valence-electron chi connectivity index (χ2n) is 9.35. The highest BCUT2D eigenvalue weighted by atomic mass is 19.1. The van der Waals surface area contributed by atoms with Gasteiger partial charge in [-0.3, -0.25) is 9.59 Å². The van der Waals surface area contributed by atoms with Crippen LogP contribution in [-0.4, -0.2) is 37.5 Å². The van der Waals surface area contributed by atoms with Crippen LogP contribution < -0.4 is 14.8 Å². The Morgan fingerprint density at radius 2 is 1.40 bits per heavy atom. The fraction of sp³-hybridized carbons (Fsp3) is 0.212. The summed E-state index contributed by atoms with van der Waals surface area (Å²) in [6, 6.07) is 29.4. The first kappa shape index (κ1) is 28.4. The summed E-state index contributed by atoms with van der Waals surface area (Å²) >= 11 is 0. The van der Waals surface area contributed by atoms with Crippen LogP contribution in [0.15, 0.2) is 103 Å². The molecule has 40 heavy (non-hydrogen) atoms. The Hall–Kier alpha value is -4.65. The molecule has 0 radical (unpaired) electrons. The smallest absolute Gasteiger partial charge is 0.247 e. The van der Waals surface area contributed by atoms with Crippen LogP contribution in [0.4, 0.5) is 4.39 Å². The van der Waals surface area contributed by atoms with Crippen molar-refractivity contribution >= 4 is 11.8 Å². The highest BCUT2D eigenvalue weighted by Crippen LogP contribution is 2.28. The zero-order valence-electron chi connectivity index (χ0n) is 22.7. The quantitative estimate of drug-likeness (QED) is 0.257. The molecule has 1 atom stereocenters. The zero-order valence-corrected chi connectivity index (χ0v) is 22.7. The lowest BCUT2D eigenvalue weighted by Crippen LogP contribution is -2.44. The number of hydrogen-bond acceptors (Lipinski definition) is 4. The molecule has 206 valence electrons. The molecule has 4 aromatic rings. The van der Waals surface area contributed by atoms with Gasteiger partial charge in [0.1, 0.15) is 11.9 Å². The number of methoxy groups -OCH3 is 2. The van der Waals surface area contributed by atoms with E-state index in [1.54, 1.807) is 31.3 Å². The van der Waals surface area contributed by atoms with Gasteiger partial charge in [0.05, 0.1) is 20.6 Å². The molecule has 0 fully saturated rings. The summed E-state index contributed by atoms with van der Waals surface area (Å²) in [6.45, 7) is 0.503. The summed E-state index contributed by atoms with van der Waals surface area (Å²) in [7, 11) is 3.16. The van der Waals surface area contributed by atoms with E-state index >= 15 is 0 Å². The van der Waals surface area contributed by atoms with Gasteiger partial charge in [-0.15, -0.1) is 0 Å². The van der Waals surface area contributed by atoms with E-state index in [-0.39, 0.29) is 30.6 Å². The number of carbonyl (C=O) groups is 2. The fourth-order valence-corrected chi connectivity index (χ4v) is 4.55. The van der Waals surface area contributed by atoms with Gasteiger partial charge < -0.3 is 19.7 Å². The Bertz CT molecular complexity index is 1400. The lowest BCUT2D eigenvalue weighted by Gasteiger charge is -2.32. The molecule has 6 nitrogen and oxygen atoms in total. The molecule has 1 unspecified atom stereocenters. The van der Waals surface area contributed by atoms with E-state index in [1.807, 2.05) is 78.9 Å². The molecule has 0 saturated heterocycles. The number of halogens is 1. The van der Waals surface area contributed by atoms with E-state index < -0.39 is 6.04 Å². The van der Waals surface area contributed by atoms with E-state index in [4.69, 9.17) is 9.47 Å². The minimum absolute atomic E-state index is 0.129. The second-order valence-corrected chi connectivity index (χ2v) is 9.35. The molecule has 0 saturated carbocycles. The third-order valence-electron chi connectivity index (χ3n) is 6.62. The van der Waals surface area contributed by atoms with Crippen molar-refractivity contribution in [3.05, 3.63) is 131 Å². The van der Waals surface area contributed by atoms with Crippen LogP contribution in [0.3, 0.4) is 0 Å². The number of rotatable bonds is 12. The third-order valence-corrected chi connectivity index (χ3v) is 6.62. The Morgan fingerprint density at radius 1 is 0.775 bits per heavy atom. The van der Waals surface area contributed by atoms with E-state index in [2.05, 4.69) is 5.32 Å². The van der Waals surface area contributed by atoms with Crippen molar-refractivity contribution in [2.24, 2.45) is 0 Å². The first-order valence-corrected chi connectivity index (χ1v) is 13.1. The van der Waals surface area contributed by atoms with Gasteiger partial charge in [-0.2, -0.15) is 0 Å². The van der Waals surface area contributed by atoms with Crippen LogP contribution in [0.1, 0.15) is 28.3 Å². The minimum atomic E-state index is -0.882. The second kappa shape index (κ2) is 13.9. The Balaban J connectivity index is 1.59. The molecule has 1 N–H and O–H groups in total. The molecule has 0 aliphatic heterocycles. The number of nitrogens with zero attached hydrogens (tertiary/aromatic N) is 1. The van der Waals surface area contributed by atoms with Crippen molar-refractivity contribution in [1.82, 2.24) is 10.2 Å². The first-order chi connectivity index (χ1) is 19.5. The summed E-state index contributed by atoms with van der Waals surface area (Å²) in [5.41, 5.74) is 3.23. The molecular formula is C33H33FN2O4. The number of ether oxygens (including phenoxy) is 2. The van der Waals surface area contributed by atoms with Gasteiger partial charge in [-0.1, -0.05) is 78.9 Å². The largest absolute Gasteiger partial charge is 0.493 e. The number of nitrogens with one attached hydrogen (secondary N) is 1. The van der Waals surface area contributed by atoms with Crippen molar-refractivity contribution < 1.29 is 23.5 Å². The van der Waals surface area contributed by atoms with Crippen LogP contribution >= 0.6 is 0 Å². The van der Waals surface area contributed by atoms with Gasteiger partial charge in [-0.25, -0.2) is 4.39 Å². The topological polar surface area (TPSA) is 67.9 Å². The number of benzene rings is 4. The van der Waals surface area contributed by atoms with Gasteiger partial charge in [0.15, 0.2) is 11.5 Å². The van der Waals surface area contributed by atoms with E-state index in [0.717, 1.165) is 16.7 Å². The molecule has 4 aromatic carbocycles. The highest BCUT2D eigenvalue weighted by molar-refractivity contribution is 5.89. The van der Waals surface area contributed by atoms with Gasteiger partial charge in [0, 0.05) is 13.1 Å². The molecule has 2 amide bonds. The zero-order chi connectivity index (χ0) is 28.3. The van der Waals surface area contributed by atoms with E-state index in [9.17, 15) is 14.0 Å². The Kier molecular flexibility index (Phi) is 9.88. The van der Waals surface area contributed by atoms with Crippen LogP contribution in [0, 0.1) is 5.82 Å². The van der Waals surface area contributed by atoms with E-state index in [0.29, 0.717) is 30.0 Å². The number of amides is 2. The number of carbonyl (C=O) groups excluding carboxylic acids is 2. The maximum absolute atomic E-state index is 13.8. The standard InChI is InChI=1S/C33H33FN2O4/c1-39-29-18-15-25(21-30(29)40-2)19-20-35-33(38)32(27-11-7-4-8-12-27)36(23-26-13-16-28(34)17-14-26)31(37)22-24-9-5-3-6-10-24/h3-18,21,32H,19-20,22-23H2,1-2H3,(H,35,38). The molecule has 0 bridgehead atoms. The highest BCUT2D eigenvalue weighted by Gasteiger charge is 2.31. The van der Waals surface area contributed by atoms with Crippen molar-refractivity contribution in [3.63, 3.8) is 0 Å². The Morgan fingerprint density at radius 3 is 2.05 bits per heavy atom. The predicted molar refractivity (Wildman–Crippen MR) is 153 cm³/mol. The van der Waals surface area contributed by atoms with Crippen molar-refractivity contribution in [3.8, 4) is 11.5 Å². The average Bonchev–Trinajstić information content (AvgIpc) is 2.98. The molecule has 4 rings (SSSR count). The van der Waals surface area contributed by atoms with Crippen LogP contribution in [0.5, 0.6) is 11.5 Å². The molecule has 7 heteroatoms. The van der Waals surface area contributed by atoms with Crippen molar-refractivity contribution in [2.75, 3.05) is 20.8 Å². The van der Waals surface area contributed by atoms with Crippen molar-refractivity contribution in [2.45, 2.75) is 25.4 Å². The van der Waals surface area contributed by atoms with Crippen LogP contribution in [-0.2, 0) is 29.0 Å². The summed E-state index contributed by atoms with van der Waals surface area (Å²) in [6.07, 6.45) is 0.688. The van der Waals surface area contributed by atoms with E-state index in [1.165, 1.54) is 12.1 Å². The third kappa shape index (κ3) is 7.47. The summed E-state index contributed by atoms with van der Waals surface area (Å²) in [4.78, 5) is 29.1. The summed E-state index contributed by atoms with van der Waals surface area (Å²) < 4.78 is 24.3. The van der Waals surface area contributed by atoms with Gasteiger partial charge >= 0.3 is 0 Å². The lowest BCUT2D eigenvalue weighted by atomic mass is 10.0. The summed E-state index contributed by atoms with van der Waals surface area (Å²) in [5.74, 6) is 0.381. The SMILES string of the molecule is COc1ccc(CCNC(=O)C(c2ccccc2)N(Cc2ccc(F)cc2)C(=O)Cc2ccccc2)cc1OC. The predicted octanol–water partition coefficient (Wildman–Crippen LogP) is 5.51. The fourth-order valence-electron chi connectivity index (χ4n) is 4.55. The average molecular weight is 541 g/mol. The van der Waals surface area contributed by atoms with Crippen molar-refractivity contribution in [1.29, 1.82) is 0 Å². The summed E-state index contributed by atoms with van der Waals surface area (Å²) in [5, 5.41) is 3.03. The molecular weight excluding hydrogens is 507 g/mol. The van der Waals surface area contributed by atoms with Crippen LogP contribution in [0.2, 0.25) is 0 Å². The molecule has 0 aliphatic carbocycles. The van der Waals surface area contributed by atoms with Gasteiger partial charge in [0.25, 0.3) is 0 Å². The van der Waals surface area contributed by atoms with Crippen LogP contribution in [0.25, 0.3) is 0 Å². The molecule has 0 spiro atoms.